The van der Waals surface area contributed by atoms with E-state index in [4.69, 9.17) is 0 Å². The maximum atomic E-state index is 4.63. The lowest BCUT2D eigenvalue weighted by Crippen LogP contribution is -2.39. The molecule has 4 heteroatoms. The second kappa shape index (κ2) is 4.99. The van der Waals surface area contributed by atoms with Crippen molar-refractivity contribution in [2.75, 3.05) is 30.4 Å². The van der Waals surface area contributed by atoms with Gasteiger partial charge in [-0.1, -0.05) is 12.8 Å². The summed E-state index contributed by atoms with van der Waals surface area (Å²) >= 11 is 0. The summed E-state index contributed by atoms with van der Waals surface area (Å²) in [4.78, 5) is 11.4. The monoisotopic (exact) mass is 260 g/mol. The second-order valence-corrected chi connectivity index (χ2v) is 6.14. The molecule has 2 aliphatic rings. The van der Waals surface area contributed by atoms with Gasteiger partial charge in [0.2, 0.25) is 5.95 Å². The Labute approximate surface area is 115 Å². The van der Waals surface area contributed by atoms with Crippen molar-refractivity contribution < 1.29 is 0 Å². The van der Waals surface area contributed by atoms with Crippen LogP contribution in [-0.4, -0.2) is 30.1 Å². The molecule has 0 bridgehead atoms. The third-order valence-electron chi connectivity index (χ3n) is 4.96. The average molecular weight is 260 g/mol. The van der Waals surface area contributed by atoms with Gasteiger partial charge in [0.25, 0.3) is 0 Å². The van der Waals surface area contributed by atoms with E-state index >= 15 is 0 Å². The molecule has 1 aliphatic heterocycles. The van der Waals surface area contributed by atoms with Gasteiger partial charge in [0.05, 0.1) is 0 Å². The number of nitrogens with zero attached hydrogens (tertiary/aromatic N) is 3. The fourth-order valence-electron chi connectivity index (χ4n) is 3.69. The number of nitrogens with one attached hydrogen (secondary N) is 1. The summed E-state index contributed by atoms with van der Waals surface area (Å²) in [6.07, 6.45) is 10.4. The van der Waals surface area contributed by atoms with E-state index in [1.807, 2.05) is 13.2 Å². The highest BCUT2D eigenvalue weighted by Crippen LogP contribution is 2.46. The molecule has 1 aromatic rings. The molecule has 1 aliphatic carbocycles. The first-order valence-corrected chi connectivity index (χ1v) is 7.49. The zero-order chi connectivity index (χ0) is 13.3. The van der Waals surface area contributed by atoms with Crippen LogP contribution in [0.4, 0.5) is 11.8 Å². The molecular formula is C15H24N4. The molecule has 0 radical (unpaired) electrons. The molecule has 0 amide bonds. The number of piperidine rings is 1. The van der Waals surface area contributed by atoms with Gasteiger partial charge in [0.1, 0.15) is 5.82 Å². The minimum Gasteiger partial charge on any atom is -0.357 e. The van der Waals surface area contributed by atoms with Crippen LogP contribution in [0.2, 0.25) is 0 Å². The summed E-state index contributed by atoms with van der Waals surface area (Å²) in [6, 6.07) is 0. The third-order valence-corrected chi connectivity index (χ3v) is 4.96. The first-order valence-electron chi connectivity index (χ1n) is 7.49. The van der Waals surface area contributed by atoms with Gasteiger partial charge in [-0.2, -0.15) is 4.98 Å². The predicted molar refractivity (Wildman–Crippen MR) is 78.7 cm³/mol. The Morgan fingerprint density at radius 2 is 1.84 bits per heavy atom. The molecule has 1 aromatic heterocycles. The first kappa shape index (κ1) is 12.7. The van der Waals surface area contributed by atoms with Gasteiger partial charge in [-0.15, -0.1) is 0 Å². The van der Waals surface area contributed by atoms with Gasteiger partial charge in [-0.3, -0.25) is 0 Å². The van der Waals surface area contributed by atoms with E-state index < -0.39 is 0 Å². The fourth-order valence-corrected chi connectivity index (χ4v) is 3.69. The summed E-state index contributed by atoms with van der Waals surface area (Å²) in [5.74, 6) is 1.84. The van der Waals surface area contributed by atoms with Crippen LogP contribution in [0.5, 0.6) is 0 Å². The van der Waals surface area contributed by atoms with E-state index in [0.29, 0.717) is 5.41 Å². The molecule has 1 N–H and O–H groups in total. The molecule has 0 unspecified atom stereocenters. The lowest BCUT2D eigenvalue weighted by atomic mass is 9.77. The van der Waals surface area contributed by atoms with Crippen LogP contribution in [0, 0.1) is 12.3 Å². The Balaban J connectivity index is 1.74. The molecule has 4 nitrogen and oxygen atoms in total. The van der Waals surface area contributed by atoms with Crippen LogP contribution in [-0.2, 0) is 0 Å². The van der Waals surface area contributed by atoms with Crippen molar-refractivity contribution in [3.63, 3.8) is 0 Å². The Kier molecular flexibility index (Phi) is 3.33. The Bertz CT molecular complexity index is 441. The Morgan fingerprint density at radius 3 is 2.47 bits per heavy atom. The predicted octanol–water partition coefficient (Wildman–Crippen LogP) is 2.99. The maximum Gasteiger partial charge on any atom is 0.224 e. The molecule has 0 aromatic carbocycles. The quantitative estimate of drug-likeness (QED) is 0.887. The summed E-state index contributed by atoms with van der Waals surface area (Å²) in [7, 11) is 1.87. The van der Waals surface area contributed by atoms with Crippen LogP contribution in [0.1, 0.15) is 44.1 Å². The summed E-state index contributed by atoms with van der Waals surface area (Å²) < 4.78 is 0. The summed E-state index contributed by atoms with van der Waals surface area (Å²) in [5.41, 5.74) is 1.85. The number of anilines is 2. The molecule has 1 saturated heterocycles. The molecule has 1 spiro atoms. The number of hydrogen-bond donors (Lipinski definition) is 1. The number of hydrogen-bond acceptors (Lipinski definition) is 4. The highest BCUT2D eigenvalue weighted by Gasteiger charge is 2.37. The maximum absolute atomic E-state index is 4.63. The van der Waals surface area contributed by atoms with Gasteiger partial charge in [-0.05, 0) is 38.0 Å². The van der Waals surface area contributed by atoms with Crippen molar-refractivity contribution in [2.24, 2.45) is 5.41 Å². The fraction of sp³-hybridized carbons (Fsp3) is 0.733. The van der Waals surface area contributed by atoms with E-state index in [9.17, 15) is 0 Å². The van der Waals surface area contributed by atoms with Gasteiger partial charge in [-0.25, -0.2) is 4.98 Å². The molecule has 0 atom stereocenters. The van der Waals surface area contributed by atoms with E-state index in [1.54, 1.807) is 0 Å². The van der Waals surface area contributed by atoms with E-state index in [2.05, 4.69) is 27.1 Å². The van der Waals surface area contributed by atoms with Crippen molar-refractivity contribution in [3.8, 4) is 0 Å². The zero-order valence-electron chi connectivity index (χ0n) is 12.1. The van der Waals surface area contributed by atoms with Crippen molar-refractivity contribution in [1.29, 1.82) is 0 Å². The lowest BCUT2D eigenvalue weighted by Gasteiger charge is -2.40. The molecule has 2 heterocycles. The van der Waals surface area contributed by atoms with Crippen molar-refractivity contribution in [3.05, 3.63) is 11.8 Å². The topological polar surface area (TPSA) is 41.1 Å². The van der Waals surface area contributed by atoms with Crippen LogP contribution < -0.4 is 10.2 Å². The minimum absolute atomic E-state index is 0.670. The van der Waals surface area contributed by atoms with Crippen LogP contribution in [0.15, 0.2) is 6.20 Å². The van der Waals surface area contributed by atoms with Crippen molar-refractivity contribution in [2.45, 2.75) is 45.4 Å². The highest BCUT2D eigenvalue weighted by molar-refractivity contribution is 5.49. The normalized spacial score (nSPS) is 21.9. The van der Waals surface area contributed by atoms with Crippen LogP contribution >= 0.6 is 0 Å². The summed E-state index contributed by atoms with van der Waals surface area (Å²) in [6.45, 7) is 4.41. The minimum atomic E-state index is 0.670. The first-order chi connectivity index (χ1) is 9.22. The largest absolute Gasteiger partial charge is 0.357 e. The number of rotatable bonds is 2. The standard InChI is InChI=1S/C15H24N4/c1-12-11-17-14(16-2)18-13(12)19-9-7-15(8-10-19)5-3-4-6-15/h11H,3-10H2,1-2H3,(H,16,17,18). The van der Waals surface area contributed by atoms with E-state index in [-0.39, 0.29) is 0 Å². The molecular weight excluding hydrogens is 236 g/mol. The lowest BCUT2D eigenvalue weighted by molar-refractivity contribution is 0.226. The SMILES string of the molecule is CNc1ncc(C)c(N2CCC3(CCCC3)CC2)n1. The van der Waals surface area contributed by atoms with Gasteiger partial charge >= 0.3 is 0 Å². The van der Waals surface area contributed by atoms with Gasteiger partial charge < -0.3 is 10.2 Å². The Morgan fingerprint density at radius 1 is 1.16 bits per heavy atom. The van der Waals surface area contributed by atoms with E-state index in [0.717, 1.165) is 24.9 Å². The molecule has 1 saturated carbocycles. The van der Waals surface area contributed by atoms with E-state index in [1.165, 1.54) is 44.1 Å². The summed E-state index contributed by atoms with van der Waals surface area (Å²) in [5, 5.41) is 3.03. The highest BCUT2D eigenvalue weighted by atomic mass is 15.2. The third kappa shape index (κ3) is 2.40. The zero-order valence-corrected chi connectivity index (χ0v) is 12.1. The molecule has 104 valence electrons. The van der Waals surface area contributed by atoms with Crippen molar-refractivity contribution in [1.82, 2.24) is 9.97 Å². The second-order valence-electron chi connectivity index (χ2n) is 6.14. The number of aromatic nitrogens is 2. The Hall–Kier alpha value is -1.32. The number of aryl methyl sites for hydroxylation is 1. The molecule has 2 fully saturated rings. The molecule has 3 rings (SSSR count). The van der Waals surface area contributed by atoms with Crippen LogP contribution in [0.25, 0.3) is 0 Å². The average Bonchev–Trinajstić information content (AvgIpc) is 2.89. The van der Waals surface area contributed by atoms with Crippen LogP contribution in [0.3, 0.4) is 0 Å². The van der Waals surface area contributed by atoms with Crippen molar-refractivity contribution >= 4 is 11.8 Å². The van der Waals surface area contributed by atoms with Gasteiger partial charge in [0.15, 0.2) is 0 Å². The molecule has 19 heavy (non-hydrogen) atoms. The van der Waals surface area contributed by atoms with Gasteiger partial charge in [0, 0.05) is 31.9 Å². The smallest absolute Gasteiger partial charge is 0.224 e.